The maximum atomic E-state index is 11.8. The molecule has 0 aromatic carbocycles. The number of anilines is 1. The van der Waals surface area contributed by atoms with Crippen LogP contribution in [-0.4, -0.2) is 35.9 Å². The lowest BCUT2D eigenvalue weighted by Crippen LogP contribution is -2.28. The van der Waals surface area contributed by atoms with E-state index in [2.05, 4.69) is 22.4 Å². The van der Waals surface area contributed by atoms with Crippen LogP contribution < -0.4 is 11.1 Å². The molecule has 1 rings (SSSR count). The van der Waals surface area contributed by atoms with Gasteiger partial charge in [-0.2, -0.15) is 5.10 Å². The van der Waals surface area contributed by atoms with E-state index in [-0.39, 0.29) is 11.6 Å². The number of hydrogen-bond donors (Lipinski definition) is 3. The first-order chi connectivity index (χ1) is 8.70. The molecule has 1 amide bonds. The number of nitrogens with two attached hydrogens (primary N) is 1. The van der Waals surface area contributed by atoms with Gasteiger partial charge < -0.3 is 15.8 Å². The van der Waals surface area contributed by atoms with Crippen molar-refractivity contribution in [2.45, 2.75) is 33.1 Å². The van der Waals surface area contributed by atoms with Gasteiger partial charge in [-0.05, 0) is 12.8 Å². The summed E-state index contributed by atoms with van der Waals surface area (Å²) in [6, 6.07) is 0. The number of nitrogens with one attached hydrogen (secondary N) is 2. The van der Waals surface area contributed by atoms with Crippen molar-refractivity contribution in [2.24, 2.45) is 0 Å². The lowest BCUT2D eigenvalue weighted by atomic mass is 10.2. The largest absolute Gasteiger partial charge is 0.395 e. The number of aromatic amines is 1. The fraction of sp³-hybridized carbons (Fsp3) is 0.667. The molecule has 102 valence electrons. The highest BCUT2D eigenvalue weighted by Crippen LogP contribution is 2.13. The minimum Gasteiger partial charge on any atom is -0.395 e. The van der Waals surface area contributed by atoms with Gasteiger partial charge in [0.2, 0.25) is 0 Å². The average Bonchev–Trinajstić information content (AvgIpc) is 2.74. The van der Waals surface area contributed by atoms with Crippen LogP contribution in [0.1, 0.15) is 42.9 Å². The van der Waals surface area contributed by atoms with E-state index in [1.54, 1.807) is 0 Å². The Bertz CT molecular complexity index is 376. The monoisotopic (exact) mass is 254 g/mol. The summed E-state index contributed by atoms with van der Waals surface area (Å²) in [6.07, 6.45) is 2.88. The number of ether oxygens (including phenoxy) is 1. The standard InChI is InChI=1S/C12H22N4O2/c1-3-5-7-18-8-6-14-12(17)11-10(13)9(4-2)15-16-11/h3-8,13H2,1-2H3,(H,14,17)(H,15,16). The zero-order chi connectivity index (χ0) is 13.4. The third kappa shape index (κ3) is 4.03. The number of amides is 1. The molecular weight excluding hydrogens is 232 g/mol. The second-order valence-corrected chi connectivity index (χ2v) is 4.04. The molecular formula is C12H22N4O2. The predicted molar refractivity (Wildman–Crippen MR) is 70.4 cm³/mol. The summed E-state index contributed by atoms with van der Waals surface area (Å²) in [4.78, 5) is 11.8. The molecule has 1 aromatic heterocycles. The van der Waals surface area contributed by atoms with Gasteiger partial charge in [-0.3, -0.25) is 9.89 Å². The molecule has 0 unspecified atom stereocenters. The highest BCUT2D eigenvalue weighted by molar-refractivity contribution is 5.97. The number of hydrogen-bond acceptors (Lipinski definition) is 4. The third-order valence-corrected chi connectivity index (χ3v) is 2.63. The molecule has 0 atom stereocenters. The molecule has 1 heterocycles. The number of unbranched alkanes of at least 4 members (excludes halogenated alkanes) is 1. The maximum Gasteiger partial charge on any atom is 0.274 e. The van der Waals surface area contributed by atoms with Gasteiger partial charge in [0.25, 0.3) is 5.91 Å². The van der Waals surface area contributed by atoms with E-state index in [4.69, 9.17) is 10.5 Å². The fourth-order valence-corrected chi connectivity index (χ4v) is 1.50. The Balaban J connectivity index is 2.30. The second kappa shape index (κ2) is 7.71. The Morgan fingerprint density at radius 2 is 2.22 bits per heavy atom. The van der Waals surface area contributed by atoms with Crippen LogP contribution in [0, 0.1) is 0 Å². The van der Waals surface area contributed by atoms with E-state index < -0.39 is 0 Å². The van der Waals surface area contributed by atoms with Crippen LogP contribution in [0.15, 0.2) is 0 Å². The summed E-state index contributed by atoms with van der Waals surface area (Å²) < 4.78 is 5.34. The van der Waals surface area contributed by atoms with E-state index >= 15 is 0 Å². The summed E-state index contributed by atoms with van der Waals surface area (Å²) in [5.74, 6) is -0.262. The first-order valence-corrected chi connectivity index (χ1v) is 6.39. The van der Waals surface area contributed by atoms with Crippen LogP contribution in [0.4, 0.5) is 5.69 Å². The van der Waals surface area contributed by atoms with E-state index in [0.29, 0.717) is 18.8 Å². The van der Waals surface area contributed by atoms with Gasteiger partial charge in [0.05, 0.1) is 18.0 Å². The number of nitrogens with zero attached hydrogens (tertiary/aromatic N) is 1. The van der Waals surface area contributed by atoms with Crippen LogP contribution >= 0.6 is 0 Å². The van der Waals surface area contributed by atoms with Crippen LogP contribution in [0.5, 0.6) is 0 Å². The molecule has 18 heavy (non-hydrogen) atoms. The van der Waals surface area contributed by atoms with Gasteiger partial charge in [-0.1, -0.05) is 20.3 Å². The number of nitrogen functional groups attached to an aromatic ring is 1. The quantitative estimate of drug-likeness (QED) is 0.606. The van der Waals surface area contributed by atoms with Crippen LogP contribution in [-0.2, 0) is 11.2 Å². The van der Waals surface area contributed by atoms with Crippen LogP contribution in [0.2, 0.25) is 0 Å². The van der Waals surface area contributed by atoms with Crippen molar-refractivity contribution in [1.29, 1.82) is 0 Å². The SMILES string of the molecule is CCCCOCCNC(=O)c1n[nH]c(CC)c1N. The fourth-order valence-electron chi connectivity index (χ4n) is 1.50. The molecule has 0 aliphatic carbocycles. The summed E-state index contributed by atoms with van der Waals surface area (Å²) in [7, 11) is 0. The molecule has 4 N–H and O–H groups in total. The average molecular weight is 254 g/mol. The van der Waals surface area contributed by atoms with E-state index in [9.17, 15) is 4.79 Å². The van der Waals surface area contributed by atoms with Crippen LogP contribution in [0.3, 0.4) is 0 Å². The Hall–Kier alpha value is -1.56. The number of H-pyrrole nitrogens is 1. The lowest BCUT2D eigenvalue weighted by molar-refractivity contribution is 0.0909. The van der Waals surface area contributed by atoms with Crippen molar-refractivity contribution < 1.29 is 9.53 Å². The Kier molecular flexibility index (Phi) is 6.21. The van der Waals surface area contributed by atoms with Crippen LogP contribution in [0.25, 0.3) is 0 Å². The maximum absolute atomic E-state index is 11.8. The summed E-state index contributed by atoms with van der Waals surface area (Å²) >= 11 is 0. The van der Waals surface area contributed by atoms with E-state index in [1.165, 1.54) is 0 Å². The van der Waals surface area contributed by atoms with Crippen molar-refractivity contribution in [3.63, 3.8) is 0 Å². The Morgan fingerprint density at radius 1 is 1.44 bits per heavy atom. The zero-order valence-electron chi connectivity index (χ0n) is 11.1. The molecule has 0 spiro atoms. The molecule has 0 aliphatic heterocycles. The number of rotatable bonds is 8. The molecule has 0 bridgehead atoms. The van der Waals surface area contributed by atoms with E-state index in [1.807, 2.05) is 6.92 Å². The molecule has 6 heteroatoms. The van der Waals surface area contributed by atoms with E-state index in [0.717, 1.165) is 31.6 Å². The molecule has 0 aliphatic rings. The normalized spacial score (nSPS) is 10.6. The van der Waals surface area contributed by atoms with Gasteiger partial charge in [0.1, 0.15) is 0 Å². The predicted octanol–water partition coefficient (Wildman–Crippen LogP) is 1.10. The molecule has 0 fully saturated rings. The molecule has 1 aromatic rings. The molecule has 6 nitrogen and oxygen atoms in total. The molecule has 0 radical (unpaired) electrons. The van der Waals surface area contributed by atoms with Gasteiger partial charge in [-0.15, -0.1) is 0 Å². The first-order valence-electron chi connectivity index (χ1n) is 6.39. The summed E-state index contributed by atoms with van der Waals surface area (Å²) in [5, 5.41) is 9.40. The van der Waals surface area contributed by atoms with Crippen molar-refractivity contribution in [2.75, 3.05) is 25.5 Å². The number of aromatic nitrogens is 2. The number of carbonyl (C=O) groups excluding carboxylic acids is 1. The minimum atomic E-state index is -0.262. The van der Waals surface area contributed by atoms with Gasteiger partial charge in [0.15, 0.2) is 5.69 Å². The van der Waals surface area contributed by atoms with Gasteiger partial charge >= 0.3 is 0 Å². The highest BCUT2D eigenvalue weighted by atomic mass is 16.5. The second-order valence-electron chi connectivity index (χ2n) is 4.04. The molecule has 0 saturated carbocycles. The Morgan fingerprint density at radius 3 is 2.83 bits per heavy atom. The Labute approximate surface area is 107 Å². The minimum absolute atomic E-state index is 0.262. The van der Waals surface area contributed by atoms with Crippen molar-refractivity contribution in [1.82, 2.24) is 15.5 Å². The highest BCUT2D eigenvalue weighted by Gasteiger charge is 2.15. The third-order valence-electron chi connectivity index (χ3n) is 2.63. The summed E-state index contributed by atoms with van der Waals surface area (Å²) in [5.41, 5.74) is 7.29. The first kappa shape index (κ1) is 14.5. The van der Waals surface area contributed by atoms with Crippen molar-refractivity contribution in [3.8, 4) is 0 Å². The van der Waals surface area contributed by atoms with Crippen molar-refractivity contribution in [3.05, 3.63) is 11.4 Å². The van der Waals surface area contributed by atoms with Crippen molar-refractivity contribution >= 4 is 11.6 Å². The lowest BCUT2D eigenvalue weighted by Gasteiger charge is -2.05. The topological polar surface area (TPSA) is 93.0 Å². The zero-order valence-corrected chi connectivity index (χ0v) is 11.1. The molecule has 0 saturated heterocycles. The smallest absolute Gasteiger partial charge is 0.274 e. The van der Waals surface area contributed by atoms with Gasteiger partial charge in [-0.25, -0.2) is 0 Å². The number of carbonyl (C=O) groups is 1. The van der Waals surface area contributed by atoms with Gasteiger partial charge in [0, 0.05) is 13.2 Å². The number of aryl methyl sites for hydroxylation is 1. The summed E-state index contributed by atoms with van der Waals surface area (Å²) in [6.45, 7) is 5.77.